The molecular weight excluding hydrogens is 220 g/mol. The van der Waals surface area contributed by atoms with Crippen LogP contribution in [0.25, 0.3) is 0 Å². The smallest absolute Gasteiger partial charge is 0.0412 e. The molecule has 1 N–H and O–H groups in total. The molecule has 0 radical (unpaired) electrons. The molecule has 0 amide bonds. The largest absolute Gasteiger partial charge is 0.374 e. The first-order valence-corrected chi connectivity index (χ1v) is 6.85. The first kappa shape index (κ1) is 14.8. The van der Waals surface area contributed by atoms with Gasteiger partial charge in [-0.25, -0.2) is 0 Å². The maximum absolute atomic E-state index is 3.77. The maximum Gasteiger partial charge on any atom is 0.0412 e. The summed E-state index contributed by atoms with van der Waals surface area (Å²) in [7, 11) is 2.17. The third-order valence-electron chi connectivity index (χ3n) is 3.23. The van der Waals surface area contributed by atoms with Crippen LogP contribution in [-0.4, -0.2) is 20.1 Å². The Kier molecular flexibility index (Phi) is 6.51. The van der Waals surface area contributed by atoms with Gasteiger partial charge >= 0.3 is 0 Å². The Morgan fingerprint density at radius 3 is 2.78 bits per heavy atom. The summed E-state index contributed by atoms with van der Waals surface area (Å²) >= 11 is 0. The molecule has 100 valence electrons. The van der Waals surface area contributed by atoms with Crippen molar-refractivity contribution in [3.8, 4) is 0 Å². The van der Waals surface area contributed by atoms with Crippen molar-refractivity contribution in [1.82, 2.24) is 5.32 Å². The summed E-state index contributed by atoms with van der Waals surface area (Å²) in [6.07, 6.45) is 4.22. The Balaban J connectivity index is 2.77. The molecule has 0 aromatic heterocycles. The van der Waals surface area contributed by atoms with Gasteiger partial charge in [-0.3, -0.25) is 0 Å². The summed E-state index contributed by atoms with van der Waals surface area (Å²) in [6, 6.07) is 9.04. The third kappa shape index (κ3) is 4.19. The lowest BCUT2D eigenvalue weighted by Gasteiger charge is -2.25. The summed E-state index contributed by atoms with van der Waals surface area (Å²) in [5.74, 6) is 0. The minimum absolute atomic E-state index is 0.396. The Labute approximate surface area is 112 Å². The topological polar surface area (TPSA) is 15.3 Å². The quantitative estimate of drug-likeness (QED) is 0.555. The van der Waals surface area contributed by atoms with Crippen molar-refractivity contribution in [3.05, 3.63) is 42.5 Å². The number of rotatable bonds is 8. The minimum atomic E-state index is 0.396. The first-order chi connectivity index (χ1) is 8.70. The molecule has 1 atom stereocenters. The molecule has 0 spiro atoms. The van der Waals surface area contributed by atoms with Crippen LogP contribution >= 0.6 is 0 Å². The first-order valence-electron chi connectivity index (χ1n) is 6.85. The zero-order valence-corrected chi connectivity index (χ0v) is 11.9. The molecule has 2 heteroatoms. The molecule has 1 aromatic carbocycles. The van der Waals surface area contributed by atoms with Gasteiger partial charge in [0.2, 0.25) is 0 Å². The van der Waals surface area contributed by atoms with E-state index < -0.39 is 0 Å². The van der Waals surface area contributed by atoms with Gasteiger partial charge in [0.25, 0.3) is 0 Å². The van der Waals surface area contributed by atoms with E-state index in [-0.39, 0.29) is 0 Å². The molecule has 0 saturated carbocycles. The van der Waals surface area contributed by atoms with Gasteiger partial charge in [-0.1, -0.05) is 31.2 Å². The SMILES string of the molecule is C=CCCCN(C)c1ccccc1C(C)NCC. The molecule has 0 bridgehead atoms. The van der Waals surface area contributed by atoms with Gasteiger partial charge in [0, 0.05) is 25.3 Å². The van der Waals surface area contributed by atoms with Crippen molar-refractivity contribution in [3.63, 3.8) is 0 Å². The van der Waals surface area contributed by atoms with E-state index in [1.54, 1.807) is 0 Å². The molecule has 0 aliphatic rings. The standard InChI is InChI=1S/C16H26N2/c1-5-7-10-13-18(4)16-12-9-8-11-15(16)14(3)17-6-2/h5,8-9,11-12,14,17H,1,6-7,10,13H2,2-4H3. The average Bonchev–Trinajstić information content (AvgIpc) is 2.39. The molecule has 0 aliphatic heterocycles. The molecular formula is C16H26N2. The number of benzene rings is 1. The van der Waals surface area contributed by atoms with E-state index in [9.17, 15) is 0 Å². The minimum Gasteiger partial charge on any atom is -0.374 e. The number of hydrogen-bond acceptors (Lipinski definition) is 2. The predicted octanol–water partition coefficient (Wildman–Crippen LogP) is 3.76. The van der Waals surface area contributed by atoms with Crippen LogP contribution in [0.5, 0.6) is 0 Å². The van der Waals surface area contributed by atoms with Gasteiger partial charge in [0.15, 0.2) is 0 Å². The van der Waals surface area contributed by atoms with Gasteiger partial charge < -0.3 is 10.2 Å². The monoisotopic (exact) mass is 246 g/mol. The van der Waals surface area contributed by atoms with E-state index in [1.165, 1.54) is 11.3 Å². The van der Waals surface area contributed by atoms with Crippen molar-refractivity contribution in [2.75, 3.05) is 25.0 Å². The van der Waals surface area contributed by atoms with E-state index in [2.05, 4.69) is 62.0 Å². The second-order valence-corrected chi connectivity index (χ2v) is 4.69. The van der Waals surface area contributed by atoms with Crippen molar-refractivity contribution in [1.29, 1.82) is 0 Å². The molecule has 0 heterocycles. The van der Waals surface area contributed by atoms with Crippen molar-refractivity contribution < 1.29 is 0 Å². The van der Waals surface area contributed by atoms with Gasteiger partial charge in [-0.2, -0.15) is 0 Å². The fourth-order valence-electron chi connectivity index (χ4n) is 2.21. The summed E-state index contributed by atoms with van der Waals surface area (Å²) < 4.78 is 0. The summed E-state index contributed by atoms with van der Waals surface area (Å²) in [5.41, 5.74) is 2.70. The number of unbranched alkanes of at least 4 members (excludes halogenated alkanes) is 1. The Morgan fingerprint density at radius 1 is 1.39 bits per heavy atom. The van der Waals surface area contributed by atoms with Gasteiger partial charge in [-0.05, 0) is 37.9 Å². The lowest BCUT2D eigenvalue weighted by molar-refractivity contribution is 0.596. The second kappa shape index (κ2) is 7.93. The normalized spacial score (nSPS) is 12.2. The number of para-hydroxylation sites is 1. The fourth-order valence-corrected chi connectivity index (χ4v) is 2.21. The van der Waals surface area contributed by atoms with E-state index >= 15 is 0 Å². The third-order valence-corrected chi connectivity index (χ3v) is 3.23. The van der Waals surface area contributed by atoms with E-state index in [0.29, 0.717) is 6.04 Å². The van der Waals surface area contributed by atoms with E-state index in [4.69, 9.17) is 0 Å². The zero-order chi connectivity index (χ0) is 13.4. The number of nitrogens with zero attached hydrogens (tertiary/aromatic N) is 1. The lowest BCUT2D eigenvalue weighted by Crippen LogP contribution is -2.24. The van der Waals surface area contributed by atoms with Crippen LogP contribution in [0.3, 0.4) is 0 Å². The number of nitrogens with one attached hydrogen (secondary N) is 1. The van der Waals surface area contributed by atoms with Crippen LogP contribution in [0.15, 0.2) is 36.9 Å². The second-order valence-electron chi connectivity index (χ2n) is 4.69. The summed E-state index contributed by atoms with van der Waals surface area (Å²) in [6.45, 7) is 10.2. The highest BCUT2D eigenvalue weighted by Gasteiger charge is 2.11. The molecule has 1 unspecified atom stereocenters. The molecule has 0 aliphatic carbocycles. The summed E-state index contributed by atoms with van der Waals surface area (Å²) in [4.78, 5) is 2.34. The van der Waals surface area contributed by atoms with Crippen LogP contribution in [0.2, 0.25) is 0 Å². The Hall–Kier alpha value is -1.28. The molecule has 18 heavy (non-hydrogen) atoms. The molecule has 0 fully saturated rings. The predicted molar refractivity (Wildman–Crippen MR) is 81.2 cm³/mol. The van der Waals surface area contributed by atoms with E-state index in [0.717, 1.165) is 25.9 Å². The highest BCUT2D eigenvalue weighted by atomic mass is 15.1. The molecule has 0 saturated heterocycles. The number of hydrogen-bond donors (Lipinski definition) is 1. The van der Waals surface area contributed by atoms with Crippen LogP contribution in [0, 0.1) is 0 Å². The zero-order valence-electron chi connectivity index (χ0n) is 11.9. The van der Waals surface area contributed by atoms with Gasteiger partial charge in [-0.15, -0.1) is 6.58 Å². The Bertz CT molecular complexity index is 360. The van der Waals surface area contributed by atoms with Gasteiger partial charge in [0.1, 0.15) is 0 Å². The highest BCUT2D eigenvalue weighted by Crippen LogP contribution is 2.25. The maximum atomic E-state index is 3.77. The van der Waals surface area contributed by atoms with Gasteiger partial charge in [0.05, 0.1) is 0 Å². The van der Waals surface area contributed by atoms with Crippen molar-refractivity contribution in [2.45, 2.75) is 32.7 Å². The van der Waals surface area contributed by atoms with Crippen molar-refractivity contribution in [2.24, 2.45) is 0 Å². The van der Waals surface area contributed by atoms with Crippen LogP contribution in [0.4, 0.5) is 5.69 Å². The fraction of sp³-hybridized carbons (Fsp3) is 0.500. The van der Waals surface area contributed by atoms with Crippen LogP contribution in [0.1, 0.15) is 38.3 Å². The Morgan fingerprint density at radius 2 is 2.11 bits per heavy atom. The molecule has 1 aromatic rings. The van der Waals surface area contributed by atoms with Crippen molar-refractivity contribution >= 4 is 5.69 Å². The molecule has 2 nitrogen and oxygen atoms in total. The molecule has 1 rings (SSSR count). The van der Waals surface area contributed by atoms with Crippen LogP contribution in [-0.2, 0) is 0 Å². The van der Waals surface area contributed by atoms with Crippen LogP contribution < -0.4 is 10.2 Å². The lowest BCUT2D eigenvalue weighted by atomic mass is 10.0. The average molecular weight is 246 g/mol. The highest BCUT2D eigenvalue weighted by molar-refractivity contribution is 5.54. The number of anilines is 1. The number of allylic oxidation sites excluding steroid dienone is 1. The summed E-state index contributed by atoms with van der Waals surface area (Å²) in [5, 5.41) is 3.48. The van der Waals surface area contributed by atoms with E-state index in [1.807, 2.05) is 6.08 Å².